The first-order valence-electron chi connectivity index (χ1n) is 9.90. The van der Waals surface area contributed by atoms with Crippen LogP contribution in [-0.4, -0.2) is 52.8 Å². The van der Waals surface area contributed by atoms with Gasteiger partial charge in [0.25, 0.3) is 5.56 Å². The summed E-state index contributed by atoms with van der Waals surface area (Å²) in [7, 11) is 0. The van der Waals surface area contributed by atoms with E-state index < -0.39 is 0 Å². The first-order chi connectivity index (χ1) is 14.6. The van der Waals surface area contributed by atoms with E-state index in [1.807, 2.05) is 38.1 Å². The summed E-state index contributed by atoms with van der Waals surface area (Å²) in [5, 5.41) is 3.12. The Labute approximate surface area is 174 Å². The largest absolute Gasteiger partial charge is 0.494 e. The topological polar surface area (TPSA) is 105 Å². The Balaban J connectivity index is 1.57. The maximum atomic E-state index is 12.2. The van der Waals surface area contributed by atoms with Gasteiger partial charge in [-0.3, -0.25) is 9.78 Å². The molecule has 0 aliphatic carbocycles. The summed E-state index contributed by atoms with van der Waals surface area (Å²) in [5.74, 6) is 1.79. The third-order valence-electron chi connectivity index (χ3n) is 4.71. The van der Waals surface area contributed by atoms with E-state index in [0.29, 0.717) is 43.0 Å². The van der Waals surface area contributed by atoms with Crippen LogP contribution in [0.2, 0.25) is 0 Å². The Morgan fingerprint density at radius 3 is 2.67 bits per heavy atom. The molecule has 0 saturated carbocycles. The SMILES string of the molecule is CCOc1ccc(Nc2nc(-c3cnc(N4CCOCC4)nc3C)cc(=O)[nH]2)cc1. The maximum Gasteiger partial charge on any atom is 0.252 e. The molecule has 2 N–H and O–H groups in total. The van der Waals surface area contributed by atoms with Crippen LogP contribution in [0.25, 0.3) is 11.3 Å². The summed E-state index contributed by atoms with van der Waals surface area (Å²) >= 11 is 0. The molecule has 0 atom stereocenters. The van der Waals surface area contributed by atoms with E-state index in [1.54, 1.807) is 6.20 Å². The van der Waals surface area contributed by atoms with Crippen LogP contribution in [0.4, 0.5) is 17.6 Å². The Morgan fingerprint density at radius 2 is 1.97 bits per heavy atom. The van der Waals surface area contributed by atoms with Gasteiger partial charge in [0, 0.05) is 36.6 Å². The van der Waals surface area contributed by atoms with Crippen molar-refractivity contribution in [2.24, 2.45) is 0 Å². The quantitative estimate of drug-likeness (QED) is 0.641. The summed E-state index contributed by atoms with van der Waals surface area (Å²) < 4.78 is 10.8. The molecule has 9 heteroatoms. The van der Waals surface area contributed by atoms with E-state index in [1.165, 1.54) is 6.07 Å². The van der Waals surface area contributed by atoms with Gasteiger partial charge in [0.1, 0.15) is 5.75 Å². The van der Waals surface area contributed by atoms with Crippen LogP contribution in [-0.2, 0) is 4.74 Å². The van der Waals surface area contributed by atoms with Crippen molar-refractivity contribution in [2.75, 3.05) is 43.1 Å². The third-order valence-corrected chi connectivity index (χ3v) is 4.71. The highest BCUT2D eigenvalue weighted by Gasteiger charge is 2.16. The molecule has 156 valence electrons. The second kappa shape index (κ2) is 8.91. The van der Waals surface area contributed by atoms with Crippen molar-refractivity contribution >= 4 is 17.6 Å². The summed E-state index contributed by atoms with van der Waals surface area (Å²) in [6.07, 6.45) is 1.72. The fourth-order valence-electron chi connectivity index (χ4n) is 3.21. The number of hydrogen-bond acceptors (Lipinski definition) is 8. The number of H-pyrrole nitrogens is 1. The molecular weight excluding hydrogens is 384 g/mol. The monoisotopic (exact) mass is 408 g/mol. The van der Waals surface area contributed by atoms with Gasteiger partial charge in [-0.05, 0) is 38.1 Å². The highest BCUT2D eigenvalue weighted by Crippen LogP contribution is 2.23. The fraction of sp³-hybridized carbons (Fsp3) is 0.333. The number of nitrogens with zero attached hydrogens (tertiary/aromatic N) is 4. The Hall–Kier alpha value is -3.46. The number of anilines is 3. The minimum absolute atomic E-state index is 0.259. The molecule has 3 aromatic rings. The molecule has 1 aliphatic rings. The summed E-state index contributed by atoms with van der Waals surface area (Å²) in [6, 6.07) is 8.89. The molecule has 4 rings (SSSR count). The van der Waals surface area contributed by atoms with Crippen molar-refractivity contribution in [1.82, 2.24) is 19.9 Å². The number of aromatic nitrogens is 4. The zero-order valence-electron chi connectivity index (χ0n) is 17.0. The first kappa shape index (κ1) is 19.8. The predicted octanol–water partition coefficient (Wildman–Crippen LogP) is 2.51. The normalized spacial score (nSPS) is 13.9. The molecule has 0 amide bonds. The molecule has 0 bridgehead atoms. The van der Waals surface area contributed by atoms with Gasteiger partial charge in [-0.25, -0.2) is 15.0 Å². The minimum atomic E-state index is -0.259. The number of ether oxygens (including phenoxy) is 2. The van der Waals surface area contributed by atoms with Crippen LogP contribution in [0.3, 0.4) is 0 Å². The van der Waals surface area contributed by atoms with Crippen LogP contribution in [0.5, 0.6) is 5.75 Å². The van der Waals surface area contributed by atoms with Crippen molar-refractivity contribution in [1.29, 1.82) is 0 Å². The van der Waals surface area contributed by atoms with Crippen molar-refractivity contribution in [2.45, 2.75) is 13.8 Å². The van der Waals surface area contributed by atoms with Gasteiger partial charge >= 0.3 is 0 Å². The predicted molar refractivity (Wildman–Crippen MR) is 115 cm³/mol. The van der Waals surface area contributed by atoms with Crippen LogP contribution in [0.1, 0.15) is 12.6 Å². The third kappa shape index (κ3) is 4.57. The lowest BCUT2D eigenvalue weighted by Gasteiger charge is -2.27. The van der Waals surface area contributed by atoms with Crippen LogP contribution in [0, 0.1) is 6.92 Å². The number of benzene rings is 1. The van der Waals surface area contributed by atoms with Crippen LogP contribution >= 0.6 is 0 Å². The van der Waals surface area contributed by atoms with Gasteiger partial charge < -0.3 is 19.7 Å². The van der Waals surface area contributed by atoms with Crippen LogP contribution < -0.4 is 20.5 Å². The molecule has 0 unspecified atom stereocenters. The molecular formula is C21H24N6O3. The second-order valence-electron chi connectivity index (χ2n) is 6.83. The van der Waals surface area contributed by atoms with E-state index >= 15 is 0 Å². The van der Waals surface area contributed by atoms with Gasteiger partial charge in [-0.2, -0.15) is 0 Å². The first-order valence-corrected chi connectivity index (χ1v) is 9.90. The second-order valence-corrected chi connectivity index (χ2v) is 6.83. The molecule has 3 heterocycles. The Morgan fingerprint density at radius 1 is 1.20 bits per heavy atom. The highest BCUT2D eigenvalue weighted by atomic mass is 16.5. The molecule has 0 radical (unpaired) electrons. The molecule has 2 aromatic heterocycles. The summed E-state index contributed by atoms with van der Waals surface area (Å²) in [5.41, 5.74) is 2.52. The van der Waals surface area contributed by atoms with Crippen molar-refractivity contribution in [3.05, 3.63) is 52.6 Å². The lowest BCUT2D eigenvalue weighted by atomic mass is 10.2. The maximum absolute atomic E-state index is 12.2. The van der Waals surface area contributed by atoms with Gasteiger partial charge in [-0.1, -0.05) is 0 Å². The fourth-order valence-corrected chi connectivity index (χ4v) is 3.21. The average Bonchev–Trinajstić information content (AvgIpc) is 2.75. The summed E-state index contributed by atoms with van der Waals surface area (Å²) in [6.45, 7) is 7.29. The average molecular weight is 408 g/mol. The number of morpholine rings is 1. The van der Waals surface area contributed by atoms with Gasteiger partial charge in [-0.15, -0.1) is 0 Å². The Bertz CT molecular complexity index is 1060. The molecule has 9 nitrogen and oxygen atoms in total. The minimum Gasteiger partial charge on any atom is -0.494 e. The van der Waals surface area contributed by atoms with E-state index in [0.717, 1.165) is 30.2 Å². The number of nitrogens with one attached hydrogen (secondary N) is 2. The van der Waals surface area contributed by atoms with E-state index in [9.17, 15) is 4.79 Å². The number of hydrogen-bond donors (Lipinski definition) is 2. The highest BCUT2D eigenvalue weighted by molar-refractivity contribution is 5.64. The van der Waals surface area contributed by atoms with Crippen molar-refractivity contribution in [3.8, 4) is 17.0 Å². The lowest BCUT2D eigenvalue weighted by Crippen LogP contribution is -2.37. The van der Waals surface area contributed by atoms with Crippen molar-refractivity contribution < 1.29 is 9.47 Å². The number of aromatic amines is 1. The molecule has 1 aliphatic heterocycles. The lowest BCUT2D eigenvalue weighted by molar-refractivity contribution is 0.122. The smallest absolute Gasteiger partial charge is 0.252 e. The van der Waals surface area contributed by atoms with E-state index in [-0.39, 0.29) is 5.56 Å². The van der Waals surface area contributed by atoms with Gasteiger partial charge in [0.05, 0.1) is 31.2 Å². The van der Waals surface area contributed by atoms with E-state index in [4.69, 9.17) is 9.47 Å². The molecule has 1 saturated heterocycles. The van der Waals surface area contributed by atoms with Gasteiger partial charge in [0.2, 0.25) is 11.9 Å². The Kier molecular flexibility index (Phi) is 5.89. The standard InChI is InChI=1S/C21H24N6O3/c1-3-30-16-6-4-15(5-7-16)24-20-25-18(12-19(28)26-20)17-13-22-21(23-14(17)2)27-8-10-29-11-9-27/h4-7,12-13H,3,8-11H2,1-2H3,(H2,24,25,26,28). The number of aryl methyl sites for hydroxylation is 1. The van der Waals surface area contributed by atoms with Gasteiger partial charge in [0.15, 0.2) is 0 Å². The number of rotatable bonds is 6. The molecule has 30 heavy (non-hydrogen) atoms. The van der Waals surface area contributed by atoms with Crippen molar-refractivity contribution in [3.63, 3.8) is 0 Å². The molecule has 0 spiro atoms. The zero-order chi connectivity index (χ0) is 20.9. The molecule has 1 fully saturated rings. The van der Waals surface area contributed by atoms with E-state index in [2.05, 4.69) is 30.2 Å². The molecule has 1 aromatic carbocycles. The van der Waals surface area contributed by atoms with Crippen LogP contribution in [0.15, 0.2) is 41.3 Å². The zero-order valence-corrected chi connectivity index (χ0v) is 17.0. The summed E-state index contributed by atoms with van der Waals surface area (Å²) in [4.78, 5) is 30.7.